The number of carbonyl (C=O) groups is 1. The maximum Gasteiger partial charge on any atom is 0.274 e. The lowest BCUT2D eigenvalue weighted by molar-refractivity contribution is 0.101. The molecule has 7 heteroatoms. The largest absolute Gasteiger partial charge is 0.363 e. The first-order valence-corrected chi connectivity index (χ1v) is 11.2. The number of nitrogens with zero attached hydrogens (tertiary/aromatic N) is 4. The van der Waals surface area contributed by atoms with Gasteiger partial charge in [-0.15, -0.1) is 11.3 Å². The summed E-state index contributed by atoms with van der Waals surface area (Å²) in [7, 11) is 0. The Morgan fingerprint density at radius 1 is 1.23 bits per heavy atom. The number of para-hydroxylation sites is 1. The van der Waals surface area contributed by atoms with Crippen molar-refractivity contribution in [3.05, 3.63) is 65.4 Å². The van der Waals surface area contributed by atoms with Crippen molar-refractivity contribution >= 4 is 28.1 Å². The number of anilines is 2. The van der Waals surface area contributed by atoms with Gasteiger partial charge in [0.1, 0.15) is 5.69 Å². The molecule has 1 atom stereocenters. The number of amides is 1. The van der Waals surface area contributed by atoms with Gasteiger partial charge in [-0.05, 0) is 49.9 Å². The number of nitrogens with one attached hydrogen (secondary N) is 1. The summed E-state index contributed by atoms with van der Waals surface area (Å²) in [5, 5.41) is 14.3. The molecule has 154 valence electrons. The lowest BCUT2D eigenvalue weighted by Gasteiger charge is -2.25. The molecule has 1 N–H and O–H groups in total. The van der Waals surface area contributed by atoms with E-state index >= 15 is 0 Å². The van der Waals surface area contributed by atoms with Gasteiger partial charge in [0.05, 0.1) is 17.8 Å². The minimum atomic E-state index is -0.146. The molecule has 4 rings (SSSR count). The molecular weight excluding hydrogens is 394 g/mol. The van der Waals surface area contributed by atoms with Gasteiger partial charge in [-0.25, -0.2) is 4.98 Å². The van der Waals surface area contributed by atoms with E-state index in [-0.39, 0.29) is 11.9 Å². The maximum atomic E-state index is 12.8. The zero-order valence-corrected chi connectivity index (χ0v) is 17.6. The molecule has 1 amide bonds. The van der Waals surface area contributed by atoms with Crippen LogP contribution in [0.3, 0.4) is 0 Å². The zero-order valence-electron chi connectivity index (χ0n) is 16.8. The van der Waals surface area contributed by atoms with E-state index in [4.69, 9.17) is 10.2 Å². The molecule has 6 nitrogen and oxygen atoms in total. The highest BCUT2D eigenvalue weighted by Crippen LogP contribution is 2.37. The Hall–Kier alpha value is -3.11. The molecule has 0 spiro atoms. The molecule has 1 aliphatic rings. The highest BCUT2D eigenvalue weighted by molar-refractivity contribution is 7.14. The van der Waals surface area contributed by atoms with Crippen LogP contribution in [0.15, 0.2) is 54.0 Å². The molecule has 0 radical (unpaired) electrons. The van der Waals surface area contributed by atoms with Crippen molar-refractivity contribution in [3.8, 4) is 6.07 Å². The van der Waals surface area contributed by atoms with Crippen LogP contribution in [0.5, 0.6) is 0 Å². The third-order valence-electron chi connectivity index (χ3n) is 5.42. The standard InChI is InChI=1S/C23H25N5OS/c24-13-5-2-6-14-27-15-7-12-21(27)22(29)26-23-25-19(17-30-23)20-11-8-16-28(20)18-9-3-1-4-10-18/h1,3-4,7,9-10,12,15,17,20H,2,5-6,8,11,14,16H2,(H,25,26,29)/t20-/m1/s1. The van der Waals surface area contributed by atoms with Gasteiger partial charge in [-0.1, -0.05) is 18.2 Å². The Bertz CT molecular complexity index is 1020. The molecular formula is C23H25N5OS. The van der Waals surface area contributed by atoms with Crippen molar-refractivity contribution < 1.29 is 4.79 Å². The van der Waals surface area contributed by atoms with Gasteiger partial charge >= 0.3 is 0 Å². The van der Waals surface area contributed by atoms with Crippen LogP contribution in [0.25, 0.3) is 0 Å². The molecule has 3 aromatic rings. The fourth-order valence-electron chi connectivity index (χ4n) is 3.96. The smallest absolute Gasteiger partial charge is 0.274 e. The van der Waals surface area contributed by atoms with Gasteiger partial charge < -0.3 is 9.47 Å². The minimum Gasteiger partial charge on any atom is -0.363 e. The van der Waals surface area contributed by atoms with Gasteiger partial charge in [-0.2, -0.15) is 5.26 Å². The second-order valence-electron chi connectivity index (χ2n) is 7.42. The Morgan fingerprint density at radius 3 is 2.93 bits per heavy atom. The fourth-order valence-corrected chi connectivity index (χ4v) is 4.71. The van der Waals surface area contributed by atoms with Crippen molar-refractivity contribution in [1.82, 2.24) is 9.55 Å². The summed E-state index contributed by atoms with van der Waals surface area (Å²) in [6, 6.07) is 16.5. The fraction of sp³-hybridized carbons (Fsp3) is 0.348. The second-order valence-corrected chi connectivity index (χ2v) is 8.28. The van der Waals surface area contributed by atoms with Crippen molar-refractivity contribution in [2.24, 2.45) is 0 Å². The summed E-state index contributed by atoms with van der Waals surface area (Å²) in [6.45, 7) is 1.75. The normalized spacial score (nSPS) is 15.8. The van der Waals surface area contributed by atoms with E-state index in [2.05, 4.69) is 45.9 Å². The highest BCUT2D eigenvalue weighted by atomic mass is 32.1. The Morgan fingerprint density at radius 2 is 2.10 bits per heavy atom. The summed E-state index contributed by atoms with van der Waals surface area (Å²) in [5.41, 5.74) is 2.85. The summed E-state index contributed by atoms with van der Waals surface area (Å²) >= 11 is 1.47. The SMILES string of the molecule is N#CCCCCn1cccc1C(=O)Nc1nc([C@H]2CCCN2c2ccccc2)cs1. The van der Waals surface area contributed by atoms with Gasteiger partial charge in [-0.3, -0.25) is 10.1 Å². The third kappa shape index (κ3) is 4.55. The van der Waals surface area contributed by atoms with E-state index in [1.807, 2.05) is 29.0 Å². The van der Waals surface area contributed by atoms with Crippen LogP contribution < -0.4 is 10.2 Å². The number of rotatable bonds is 8. The number of aromatic nitrogens is 2. The lowest BCUT2D eigenvalue weighted by atomic mass is 10.1. The molecule has 1 saturated heterocycles. The Kier molecular flexibility index (Phi) is 6.45. The van der Waals surface area contributed by atoms with Crippen molar-refractivity contribution in [3.63, 3.8) is 0 Å². The molecule has 2 aromatic heterocycles. The Labute approximate surface area is 180 Å². The quantitative estimate of drug-likeness (QED) is 0.507. The van der Waals surface area contributed by atoms with Crippen LogP contribution in [0.4, 0.5) is 10.8 Å². The molecule has 1 aromatic carbocycles. The number of carbonyl (C=O) groups excluding carboxylic acids is 1. The Balaban J connectivity index is 1.41. The molecule has 0 aliphatic carbocycles. The van der Waals surface area contributed by atoms with Crippen LogP contribution in [-0.4, -0.2) is 22.0 Å². The lowest BCUT2D eigenvalue weighted by Crippen LogP contribution is -2.22. The third-order valence-corrected chi connectivity index (χ3v) is 6.20. The maximum absolute atomic E-state index is 12.8. The van der Waals surface area contributed by atoms with E-state index in [1.54, 1.807) is 0 Å². The number of nitriles is 1. The summed E-state index contributed by atoms with van der Waals surface area (Å²) in [6.07, 6.45) is 6.37. The predicted octanol–water partition coefficient (Wildman–Crippen LogP) is 5.23. The first-order valence-electron chi connectivity index (χ1n) is 10.4. The monoisotopic (exact) mass is 419 g/mol. The van der Waals surface area contributed by atoms with E-state index in [0.29, 0.717) is 17.2 Å². The van der Waals surface area contributed by atoms with Gasteiger partial charge in [0, 0.05) is 36.8 Å². The zero-order chi connectivity index (χ0) is 20.8. The second kappa shape index (κ2) is 9.59. The van der Waals surface area contributed by atoms with Gasteiger partial charge in [0.25, 0.3) is 5.91 Å². The number of aryl methyl sites for hydroxylation is 1. The summed E-state index contributed by atoms with van der Waals surface area (Å²) in [5.74, 6) is -0.146. The number of benzene rings is 1. The van der Waals surface area contributed by atoms with Gasteiger partial charge in [0.2, 0.25) is 0 Å². The topological polar surface area (TPSA) is 74.0 Å². The van der Waals surface area contributed by atoms with Crippen LogP contribution >= 0.6 is 11.3 Å². The summed E-state index contributed by atoms with van der Waals surface area (Å²) < 4.78 is 1.94. The first-order chi connectivity index (χ1) is 14.8. The number of hydrogen-bond acceptors (Lipinski definition) is 5. The van der Waals surface area contributed by atoms with Crippen LogP contribution in [0.1, 0.15) is 54.3 Å². The van der Waals surface area contributed by atoms with Crippen molar-refractivity contribution in [2.45, 2.75) is 44.7 Å². The van der Waals surface area contributed by atoms with Crippen LogP contribution in [-0.2, 0) is 6.54 Å². The van der Waals surface area contributed by atoms with Crippen LogP contribution in [0, 0.1) is 11.3 Å². The van der Waals surface area contributed by atoms with Crippen molar-refractivity contribution in [1.29, 1.82) is 5.26 Å². The molecule has 0 unspecified atom stereocenters. The molecule has 1 aliphatic heterocycles. The highest BCUT2D eigenvalue weighted by Gasteiger charge is 2.28. The predicted molar refractivity (Wildman–Crippen MR) is 120 cm³/mol. The number of hydrogen-bond donors (Lipinski definition) is 1. The number of unbranched alkanes of at least 4 members (excludes halogenated alkanes) is 2. The number of thiazole rings is 1. The van der Waals surface area contributed by atoms with E-state index in [1.165, 1.54) is 17.0 Å². The van der Waals surface area contributed by atoms with Crippen molar-refractivity contribution in [2.75, 3.05) is 16.8 Å². The average molecular weight is 420 g/mol. The molecule has 1 fully saturated rings. The average Bonchev–Trinajstić information content (AvgIpc) is 3.52. The van der Waals surface area contributed by atoms with E-state index in [9.17, 15) is 4.79 Å². The first kappa shape index (κ1) is 20.2. The van der Waals surface area contributed by atoms with E-state index in [0.717, 1.165) is 44.5 Å². The molecule has 0 bridgehead atoms. The molecule has 0 saturated carbocycles. The van der Waals surface area contributed by atoms with Gasteiger partial charge in [0.15, 0.2) is 5.13 Å². The molecule has 30 heavy (non-hydrogen) atoms. The molecule has 3 heterocycles. The van der Waals surface area contributed by atoms with E-state index < -0.39 is 0 Å². The minimum absolute atomic E-state index is 0.146. The summed E-state index contributed by atoms with van der Waals surface area (Å²) in [4.78, 5) is 19.9. The van der Waals surface area contributed by atoms with Crippen LogP contribution in [0.2, 0.25) is 0 Å².